The number of methoxy groups -OCH3 is 1. The number of hydrogen-bond acceptors (Lipinski definition) is 4. The summed E-state index contributed by atoms with van der Waals surface area (Å²) in [5.41, 5.74) is 1.03. The second-order valence-corrected chi connectivity index (χ2v) is 7.71. The zero-order valence-electron chi connectivity index (χ0n) is 13.9. The van der Waals surface area contributed by atoms with E-state index in [1.807, 2.05) is 13.8 Å². The molecule has 0 unspecified atom stereocenters. The van der Waals surface area contributed by atoms with Gasteiger partial charge in [0.1, 0.15) is 5.75 Å². The lowest BCUT2D eigenvalue weighted by molar-refractivity contribution is 0.0943. The van der Waals surface area contributed by atoms with E-state index in [1.54, 1.807) is 24.3 Å². The van der Waals surface area contributed by atoms with Crippen molar-refractivity contribution in [2.24, 2.45) is 0 Å². The molecule has 1 amide bonds. The van der Waals surface area contributed by atoms with Gasteiger partial charge in [0.25, 0.3) is 5.91 Å². The van der Waals surface area contributed by atoms with E-state index < -0.39 is 9.84 Å². The maximum Gasteiger partial charge on any atom is 0.251 e. The minimum absolute atomic E-state index is 0.0199. The van der Waals surface area contributed by atoms with Crippen molar-refractivity contribution in [3.63, 3.8) is 0 Å². The monoisotopic (exact) mass is 347 g/mol. The summed E-state index contributed by atoms with van der Waals surface area (Å²) < 4.78 is 30.3. The molecule has 0 aliphatic rings. The van der Waals surface area contributed by atoms with Gasteiger partial charge in [-0.3, -0.25) is 4.79 Å². The van der Waals surface area contributed by atoms with Gasteiger partial charge in [0.15, 0.2) is 9.84 Å². The molecule has 6 heteroatoms. The van der Waals surface area contributed by atoms with Crippen molar-refractivity contribution in [3.8, 4) is 5.75 Å². The van der Waals surface area contributed by atoms with Crippen LogP contribution < -0.4 is 10.1 Å². The molecule has 0 aliphatic carbocycles. The molecule has 0 radical (unpaired) electrons. The fourth-order valence-corrected chi connectivity index (χ4v) is 3.63. The summed E-state index contributed by atoms with van der Waals surface area (Å²) in [6.07, 6.45) is 0. The molecule has 0 saturated heterocycles. The highest BCUT2D eigenvalue weighted by atomic mass is 32.2. The molecule has 1 N–H and O–H groups in total. The van der Waals surface area contributed by atoms with Crippen LogP contribution in [0.1, 0.15) is 29.8 Å². The number of hydrogen-bond donors (Lipinski definition) is 1. The maximum absolute atomic E-state index is 12.6. The normalized spacial score (nSPS) is 11.3. The molecule has 0 saturated carbocycles. The summed E-state index contributed by atoms with van der Waals surface area (Å²) in [5, 5.41) is 2.77. The predicted molar refractivity (Wildman–Crippen MR) is 92.9 cm³/mol. The third-order valence-corrected chi connectivity index (χ3v) is 5.11. The van der Waals surface area contributed by atoms with Gasteiger partial charge in [0.2, 0.25) is 0 Å². The number of carbonyl (C=O) groups is 1. The molecule has 5 nitrogen and oxygen atoms in total. The molecule has 0 bridgehead atoms. The van der Waals surface area contributed by atoms with Crippen molar-refractivity contribution < 1.29 is 17.9 Å². The highest BCUT2D eigenvalue weighted by molar-refractivity contribution is 7.90. The first-order valence-corrected chi connectivity index (χ1v) is 9.24. The van der Waals surface area contributed by atoms with E-state index >= 15 is 0 Å². The summed E-state index contributed by atoms with van der Waals surface area (Å²) in [6.45, 7) is 3.73. The number of benzene rings is 2. The van der Waals surface area contributed by atoms with Crippen LogP contribution in [0.15, 0.2) is 53.4 Å². The Kier molecular flexibility index (Phi) is 5.62. The average molecular weight is 347 g/mol. The Morgan fingerprint density at radius 3 is 2.29 bits per heavy atom. The molecule has 2 rings (SSSR count). The Bertz CT molecular complexity index is 811. The van der Waals surface area contributed by atoms with Crippen molar-refractivity contribution in [1.29, 1.82) is 0 Å². The van der Waals surface area contributed by atoms with E-state index in [0.29, 0.717) is 16.9 Å². The van der Waals surface area contributed by atoms with E-state index in [2.05, 4.69) is 5.32 Å². The van der Waals surface area contributed by atoms with E-state index in [-0.39, 0.29) is 22.6 Å². The topological polar surface area (TPSA) is 72.5 Å². The zero-order valence-corrected chi connectivity index (χ0v) is 14.8. The first-order valence-electron chi connectivity index (χ1n) is 7.59. The van der Waals surface area contributed by atoms with Gasteiger partial charge in [-0.15, -0.1) is 0 Å². The van der Waals surface area contributed by atoms with Crippen LogP contribution in [0.4, 0.5) is 0 Å². The summed E-state index contributed by atoms with van der Waals surface area (Å²) in [6, 6.07) is 13.0. The van der Waals surface area contributed by atoms with Gasteiger partial charge >= 0.3 is 0 Å². The molecule has 0 heterocycles. The number of rotatable bonds is 6. The molecule has 2 aromatic rings. The van der Waals surface area contributed by atoms with Gasteiger partial charge in [-0.25, -0.2) is 8.42 Å². The van der Waals surface area contributed by atoms with Gasteiger partial charge < -0.3 is 10.1 Å². The summed E-state index contributed by atoms with van der Waals surface area (Å²) in [4.78, 5) is 12.1. The predicted octanol–water partition coefficient (Wildman–Crippen LogP) is 2.81. The molecule has 0 aliphatic heterocycles. The lowest BCUT2D eigenvalue weighted by Gasteiger charge is -2.10. The van der Waals surface area contributed by atoms with E-state index in [9.17, 15) is 13.2 Å². The lowest BCUT2D eigenvalue weighted by Crippen LogP contribution is -2.30. The molecule has 0 aromatic heterocycles. The van der Waals surface area contributed by atoms with Gasteiger partial charge in [0.05, 0.1) is 17.8 Å². The largest absolute Gasteiger partial charge is 0.496 e. The quantitative estimate of drug-likeness (QED) is 0.872. The number of sulfone groups is 1. The second-order valence-electron chi connectivity index (χ2n) is 5.72. The summed E-state index contributed by atoms with van der Waals surface area (Å²) >= 11 is 0. The molecule has 128 valence electrons. The van der Waals surface area contributed by atoms with Crippen LogP contribution >= 0.6 is 0 Å². The Morgan fingerprint density at radius 2 is 1.71 bits per heavy atom. The first-order chi connectivity index (χ1) is 11.3. The fourth-order valence-electron chi connectivity index (χ4n) is 2.27. The molecule has 2 aromatic carbocycles. The Labute approximate surface area is 142 Å². The molecule has 0 spiro atoms. The third-order valence-electron chi connectivity index (χ3n) is 3.43. The van der Waals surface area contributed by atoms with Gasteiger partial charge in [-0.05, 0) is 44.2 Å². The van der Waals surface area contributed by atoms with E-state index in [1.165, 1.54) is 31.4 Å². The highest BCUT2D eigenvalue weighted by Crippen LogP contribution is 2.23. The smallest absolute Gasteiger partial charge is 0.251 e. The molecule has 0 atom stereocenters. The average Bonchev–Trinajstić information content (AvgIpc) is 2.54. The minimum Gasteiger partial charge on any atom is -0.496 e. The summed E-state index contributed by atoms with van der Waals surface area (Å²) in [5.74, 6) is 0.154. The number of amides is 1. The van der Waals surface area contributed by atoms with Gasteiger partial charge in [-0.2, -0.15) is 0 Å². The Balaban J connectivity index is 2.22. The van der Waals surface area contributed by atoms with Gasteiger partial charge in [0, 0.05) is 17.2 Å². The lowest BCUT2D eigenvalue weighted by atomic mass is 10.2. The Morgan fingerprint density at radius 1 is 1.08 bits per heavy atom. The van der Waals surface area contributed by atoms with Crippen molar-refractivity contribution in [3.05, 3.63) is 59.7 Å². The SMILES string of the molecule is COc1ccccc1CS(=O)(=O)c1ccc(C(=O)NC(C)C)cc1. The van der Waals surface area contributed by atoms with Crippen LogP contribution in [0, 0.1) is 0 Å². The zero-order chi connectivity index (χ0) is 17.7. The molecular formula is C18H21NO4S. The van der Waals surface area contributed by atoms with Crippen LogP contribution in [0.25, 0.3) is 0 Å². The number of carbonyl (C=O) groups excluding carboxylic acids is 1. The van der Waals surface area contributed by atoms with Crippen molar-refractivity contribution in [2.75, 3.05) is 7.11 Å². The fraction of sp³-hybridized carbons (Fsp3) is 0.278. The summed E-state index contributed by atoms with van der Waals surface area (Å²) in [7, 11) is -2.02. The maximum atomic E-state index is 12.6. The van der Waals surface area contributed by atoms with Gasteiger partial charge in [-0.1, -0.05) is 18.2 Å². The molecular weight excluding hydrogens is 326 g/mol. The van der Waals surface area contributed by atoms with E-state index in [4.69, 9.17) is 4.74 Å². The third kappa shape index (κ3) is 4.35. The van der Waals surface area contributed by atoms with Crippen molar-refractivity contribution in [1.82, 2.24) is 5.32 Å². The van der Waals surface area contributed by atoms with Crippen LogP contribution in [-0.4, -0.2) is 27.5 Å². The Hall–Kier alpha value is -2.34. The number of para-hydroxylation sites is 1. The molecule has 0 fully saturated rings. The second kappa shape index (κ2) is 7.49. The number of ether oxygens (including phenoxy) is 1. The standard InChI is InChI=1S/C18H21NO4S/c1-13(2)19-18(20)14-8-10-16(11-9-14)24(21,22)12-15-6-4-5-7-17(15)23-3/h4-11,13H,12H2,1-3H3,(H,19,20). The van der Waals surface area contributed by atoms with Crippen LogP contribution in [-0.2, 0) is 15.6 Å². The van der Waals surface area contributed by atoms with Crippen molar-refractivity contribution >= 4 is 15.7 Å². The van der Waals surface area contributed by atoms with Crippen LogP contribution in [0.3, 0.4) is 0 Å². The van der Waals surface area contributed by atoms with E-state index in [0.717, 1.165) is 0 Å². The van der Waals surface area contributed by atoms with Crippen LogP contribution in [0.2, 0.25) is 0 Å². The molecule has 24 heavy (non-hydrogen) atoms. The van der Waals surface area contributed by atoms with Crippen molar-refractivity contribution in [2.45, 2.75) is 30.5 Å². The highest BCUT2D eigenvalue weighted by Gasteiger charge is 2.18. The van der Waals surface area contributed by atoms with Crippen LogP contribution in [0.5, 0.6) is 5.75 Å². The first kappa shape index (κ1) is 18.0. The minimum atomic E-state index is -3.52. The number of nitrogens with one attached hydrogen (secondary N) is 1.